The number of carbonyl (C=O) groups is 1. The van der Waals surface area contributed by atoms with Crippen molar-refractivity contribution in [2.45, 2.75) is 11.8 Å². The van der Waals surface area contributed by atoms with Crippen LogP contribution in [0.3, 0.4) is 0 Å². The van der Waals surface area contributed by atoms with Crippen LogP contribution in [0.15, 0.2) is 23.1 Å². The lowest BCUT2D eigenvalue weighted by Gasteiger charge is -2.05. The van der Waals surface area contributed by atoms with Gasteiger partial charge in [-0.3, -0.25) is 14.9 Å². The zero-order valence-electron chi connectivity index (χ0n) is 9.11. The minimum Gasteiger partial charge on any atom is -0.322 e. The van der Waals surface area contributed by atoms with Crippen LogP contribution >= 0.6 is 0 Å². The molecule has 0 saturated heterocycles. The van der Waals surface area contributed by atoms with E-state index in [1.807, 2.05) is 0 Å². The van der Waals surface area contributed by atoms with Crippen LogP contribution < -0.4 is 11.2 Å². The summed E-state index contributed by atoms with van der Waals surface area (Å²) in [4.78, 5) is 20.1. The first-order valence-corrected chi connectivity index (χ1v) is 5.88. The molecule has 0 spiro atoms. The molecule has 0 aliphatic heterocycles. The summed E-state index contributed by atoms with van der Waals surface area (Å²) in [5.41, 5.74) is -0.627. The zero-order valence-corrected chi connectivity index (χ0v) is 9.93. The number of nitrogens with two attached hydrogens (primary N) is 1. The number of amides is 1. The number of rotatable bonds is 4. The highest BCUT2D eigenvalue weighted by molar-refractivity contribution is 7.93. The summed E-state index contributed by atoms with van der Waals surface area (Å²) in [7, 11) is -4.37. The Morgan fingerprint density at radius 1 is 1.56 bits per heavy atom. The SMILES string of the molecule is CC(=O)Nc1ccc([N+](=O)[O-])cc1[S+]([O])(=O)ON. The van der Waals surface area contributed by atoms with Crippen LogP contribution in [0.25, 0.3) is 0 Å². The smallest absolute Gasteiger partial charge is 0.322 e. The normalized spacial score (nSPS) is 13.7. The summed E-state index contributed by atoms with van der Waals surface area (Å²) in [6.07, 6.45) is 0. The van der Waals surface area contributed by atoms with Gasteiger partial charge in [0.05, 0.1) is 15.5 Å². The predicted octanol–water partition coefficient (Wildman–Crippen LogP) is 0.562. The van der Waals surface area contributed by atoms with Gasteiger partial charge in [-0.25, -0.2) is 0 Å². The van der Waals surface area contributed by atoms with Crippen molar-refractivity contribution >= 4 is 27.8 Å². The van der Waals surface area contributed by atoms with Gasteiger partial charge >= 0.3 is 10.5 Å². The maximum absolute atomic E-state index is 11.5. The molecule has 0 saturated carbocycles. The first kappa shape index (κ1) is 14.2. The minimum absolute atomic E-state index is 0.154. The van der Waals surface area contributed by atoms with Gasteiger partial charge in [0.15, 0.2) is 0 Å². The Kier molecular flexibility index (Phi) is 4.08. The Balaban J connectivity index is 3.40. The van der Waals surface area contributed by atoms with Gasteiger partial charge in [0.25, 0.3) is 10.6 Å². The molecular weight excluding hydrogens is 266 g/mol. The Morgan fingerprint density at radius 3 is 2.61 bits per heavy atom. The van der Waals surface area contributed by atoms with Crippen molar-refractivity contribution < 1.29 is 22.8 Å². The van der Waals surface area contributed by atoms with Gasteiger partial charge in [-0.2, -0.15) is 5.90 Å². The second kappa shape index (κ2) is 5.18. The first-order chi connectivity index (χ1) is 8.27. The van der Waals surface area contributed by atoms with Gasteiger partial charge in [-0.1, -0.05) is 0 Å². The maximum atomic E-state index is 11.5. The third kappa shape index (κ3) is 3.07. The van der Waals surface area contributed by atoms with Gasteiger partial charge in [0.2, 0.25) is 5.91 Å². The summed E-state index contributed by atoms with van der Waals surface area (Å²) < 4.78 is 26.7. The largest absolute Gasteiger partial charge is 0.449 e. The quantitative estimate of drug-likeness (QED) is 0.466. The van der Waals surface area contributed by atoms with E-state index in [1.165, 1.54) is 0 Å². The van der Waals surface area contributed by atoms with Crippen LogP contribution in [0.1, 0.15) is 6.92 Å². The average molecular weight is 275 g/mol. The van der Waals surface area contributed by atoms with Crippen LogP contribution in [0.2, 0.25) is 0 Å². The number of carbonyl (C=O) groups excluding carboxylic acids is 1. The monoisotopic (exact) mass is 275 g/mol. The van der Waals surface area contributed by atoms with Crippen molar-refractivity contribution in [3.63, 3.8) is 0 Å². The number of hydrogen-bond acceptors (Lipinski definition) is 6. The van der Waals surface area contributed by atoms with Crippen molar-refractivity contribution in [3.05, 3.63) is 28.3 Å². The Bertz CT molecular complexity index is 546. The third-order valence-corrected chi connectivity index (χ3v) is 3.01. The summed E-state index contributed by atoms with van der Waals surface area (Å²) in [6, 6.07) is 2.86. The van der Waals surface area contributed by atoms with Crippen molar-refractivity contribution in [2.24, 2.45) is 5.90 Å². The molecule has 0 fully saturated rings. The summed E-state index contributed by atoms with van der Waals surface area (Å²) in [6.45, 7) is 1.15. The molecule has 0 bridgehead atoms. The van der Waals surface area contributed by atoms with E-state index in [4.69, 9.17) is 0 Å². The number of non-ortho nitro benzene ring substituents is 1. The highest BCUT2D eigenvalue weighted by Gasteiger charge is 2.39. The van der Waals surface area contributed by atoms with E-state index in [0.29, 0.717) is 0 Å². The molecule has 1 unspecified atom stereocenters. The Morgan fingerprint density at radius 2 is 2.17 bits per heavy atom. The predicted molar refractivity (Wildman–Crippen MR) is 59.7 cm³/mol. The number of nitro groups is 1. The molecule has 0 aromatic heterocycles. The fourth-order valence-corrected chi connectivity index (χ4v) is 1.93. The minimum atomic E-state index is -4.37. The van der Waals surface area contributed by atoms with E-state index in [2.05, 4.69) is 15.5 Å². The van der Waals surface area contributed by atoms with E-state index in [1.54, 1.807) is 0 Å². The highest BCUT2D eigenvalue weighted by atomic mass is 32.3. The van der Waals surface area contributed by atoms with Crippen molar-refractivity contribution in [1.82, 2.24) is 0 Å². The lowest BCUT2D eigenvalue weighted by molar-refractivity contribution is -0.385. The molecule has 1 amide bonds. The molecule has 9 nitrogen and oxygen atoms in total. The van der Waals surface area contributed by atoms with Crippen LogP contribution in [0.5, 0.6) is 0 Å². The fourth-order valence-electron chi connectivity index (χ4n) is 1.18. The standard InChI is InChI=1S/C8H9N3O6S/c1-5(12)10-7-3-2-6(11(13)14)4-8(7)18(15,16)17-9/h2-4H,9H2,1H3,(H,10,12)/q+1. The maximum Gasteiger partial charge on any atom is 0.449 e. The number of nitrogens with zero attached hydrogens (tertiary/aromatic N) is 1. The molecule has 1 atom stereocenters. The Labute approximate surface area is 102 Å². The van der Waals surface area contributed by atoms with E-state index in [0.717, 1.165) is 25.1 Å². The molecule has 10 heteroatoms. The van der Waals surface area contributed by atoms with Gasteiger partial charge in [0, 0.05) is 13.0 Å². The molecule has 97 valence electrons. The van der Waals surface area contributed by atoms with E-state index in [9.17, 15) is 23.7 Å². The Hall–Kier alpha value is -1.88. The van der Waals surface area contributed by atoms with Crippen LogP contribution in [-0.4, -0.2) is 10.8 Å². The van der Waals surface area contributed by atoms with E-state index >= 15 is 0 Å². The van der Waals surface area contributed by atoms with Gasteiger partial charge < -0.3 is 5.32 Å². The number of benzene rings is 1. The van der Waals surface area contributed by atoms with Crippen LogP contribution in [0.4, 0.5) is 11.4 Å². The van der Waals surface area contributed by atoms with Crippen molar-refractivity contribution in [2.75, 3.05) is 5.32 Å². The van der Waals surface area contributed by atoms with Gasteiger partial charge in [-0.15, -0.1) is 0 Å². The van der Waals surface area contributed by atoms with Crippen molar-refractivity contribution in [3.8, 4) is 0 Å². The second-order valence-corrected chi connectivity index (χ2v) is 4.71. The number of nitrogens with one attached hydrogen (secondary N) is 1. The van der Waals surface area contributed by atoms with Crippen molar-refractivity contribution in [1.29, 1.82) is 0 Å². The third-order valence-electron chi connectivity index (χ3n) is 1.88. The van der Waals surface area contributed by atoms with Crippen LogP contribution in [0, 0.1) is 10.1 Å². The van der Waals surface area contributed by atoms with Gasteiger partial charge in [-0.05, 0) is 14.6 Å². The molecule has 3 N–H and O–H groups in total. The molecule has 1 aromatic carbocycles. The topological polar surface area (TPSA) is 144 Å². The average Bonchev–Trinajstić information content (AvgIpc) is 2.28. The van der Waals surface area contributed by atoms with Crippen LogP contribution in [-0.2, 0) is 28.3 Å². The fraction of sp³-hybridized carbons (Fsp3) is 0.125. The van der Waals surface area contributed by atoms with Gasteiger partial charge in [0.1, 0.15) is 5.69 Å². The highest BCUT2D eigenvalue weighted by Crippen LogP contribution is 2.30. The molecule has 0 aliphatic carbocycles. The molecule has 0 aliphatic rings. The van der Waals surface area contributed by atoms with E-state index in [-0.39, 0.29) is 5.69 Å². The molecule has 18 heavy (non-hydrogen) atoms. The summed E-state index contributed by atoms with van der Waals surface area (Å²) >= 11 is 0. The second-order valence-electron chi connectivity index (χ2n) is 3.17. The summed E-state index contributed by atoms with van der Waals surface area (Å²) in [5, 5.41) is 12.8. The first-order valence-electron chi connectivity index (χ1n) is 4.47. The molecule has 1 aromatic rings. The lowest BCUT2D eigenvalue weighted by Crippen LogP contribution is -2.20. The molecule has 1 rings (SSSR count). The number of nitro benzene ring substituents is 1. The molecular formula is C8H9N3O6S+. The molecule has 0 heterocycles. The summed E-state index contributed by atoms with van der Waals surface area (Å²) in [5.74, 6) is 4.05. The zero-order chi connectivity index (χ0) is 13.9. The van der Waals surface area contributed by atoms with E-state index < -0.39 is 31.9 Å². The lowest BCUT2D eigenvalue weighted by atomic mass is 10.3. The number of hydrogen-bond donors (Lipinski definition) is 2. The molecule has 1 radical (unpaired) electrons. The number of anilines is 1.